The van der Waals surface area contributed by atoms with Crippen LogP contribution in [0.25, 0.3) is 0 Å². The number of rotatable bonds is 5. The van der Waals surface area contributed by atoms with Gasteiger partial charge in [0, 0.05) is 25.5 Å². The van der Waals surface area contributed by atoms with Crippen molar-refractivity contribution >= 4 is 5.82 Å². The Bertz CT molecular complexity index is 523. The molecule has 0 aliphatic heterocycles. The van der Waals surface area contributed by atoms with Crippen molar-refractivity contribution < 1.29 is 0 Å². The van der Waals surface area contributed by atoms with Gasteiger partial charge in [-0.1, -0.05) is 20.3 Å². The molecule has 4 nitrogen and oxygen atoms in total. The summed E-state index contributed by atoms with van der Waals surface area (Å²) in [7, 11) is 0. The highest BCUT2D eigenvalue weighted by Crippen LogP contribution is 2.48. The lowest BCUT2D eigenvalue weighted by Gasteiger charge is -2.22. The van der Waals surface area contributed by atoms with Gasteiger partial charge in [0.05, 0.1) is 0 Å². The van der Waals surface area contributed by atoms with E-state index in [-0.39, 0.29) is 5.56 Å². The van der Waals surface area contributed by atoms with Crippen molar-refractivity contribution in [3.8, 4) is 0 Å². The molecule has 0 aromatic carbocycles. The quantitative estimate of drug-likeness (QED) is 0.899. The molecular weight excluding hydrogens is 250 g/mol. The van der Waals surface area contributed by atoms with Crippen molar-refractivity contribution in [1.29, 1.82) is 0 Å². The molecule has 3 unspecified atom stereocenters. The summed E-state index contributed by atoms with van der Waals surface area (Å²) in [5.74, 6) is 3.57. The van der Waals surface area contributed by atoms with Crippen LogP contribution in [0.2, 0.25) is 0 Å². The maximum atomic E-state index is 12.3. The second kappa shape index (κ2) is 5.58. The van der Waals surface area contributed by atoms with Crippen LogP contribution in [0.4, 0.5) is 5.82 Å². The smallest absolute Gasteiger partial charge is 0.293 e. The van der Waals surface area contributed by atoms with E-state index >= 15 is 0 Å². The fraction of sp³-hybridized carbons (Fsp3) is 0.750. The second-order valence-electron chi connectivity index (χ2n) is 6.94. The van der Waals surface area contributed by atoms with Crippen LogP contribution in [0.3, 0.4) is 0 Å². The fourth-order valence-electron chi connectivity index (χ4n) is 3.96. The lowest BCUT2D eigenvalue weighted by molar-refractivity contribution is 0.348. The molecule has 4 heteroatoms. The zero-order valence-electron chi connectivity index (χ0n) is 12.5. The van der Waals surface area contributed by atoms with Gasteiger partial charge in [0.2, 0.25) is 0 Å². The van der Waals surface area contributed by atoms with Gasteiger partial charge in [-0.05, 0) is 42.9 Å². The van der Waals surface area contributed by atoms with Crippen LogP contribution in [-0.2, 0) is 6.54 Å². The normalized spacial score (nSPS) is 28.2. The molecule has 1 aromatic heterocycles. The van der Waals surface area contributed by atoms with E-state index in [1.54, 1.807) is 17.0 Å². The van der Waals surface area contributed by atoms with Gasteiger partial charge in [-0.15, -0.1) is 0 Å². The van der Waals surface area contributed by atoms with Crippen LogP contribution in [0, 0.1) is 23.7 Å². The average molecular weight is 275 g/mol. The summed E-state index contributed by atoms with van der Waals surface area (Å²) in [6, 6.07) is 0. The SMILES string of the molecule is CC(C)Cn1ccnc(NCC2CC3CCC2C3)c1=O. The maximum Gasteiger partial charge on any atom is 0.293 e. The summed E-state index contributed by atoms with van der Waals surface area (Å²) in [6.07, 6.45) is 9.07. The first-order valence-corrected chi connectivity index (χ1v) is 7.92. The minimum atomic E-state index is 0.0179. The van der Waals surface area contributed by atoms with E-state index in [4.69, 9.17) is 0 Å². The van der Waals surface area contributed by atoms with E-state index in [0.717, 1.165) is 30.8 Å². The molecule has 1 aromatic rings. The molecule has 1 N–H and O–H groups in total. The molecule has 0 spiro atoms. The number of nitrogens with one attached hydrogen (secondary N) is 1. The van der Waals surface area contributed by atoms with Crippen LogP contribution in [0.15, 0.2) is 17.2 Å². The van der Waals surface area contributed by atoms with Crippen LogP contribution in [0.5, 0.6) is 0 Å². The van der Waals surface area contributed by atoms with Gasteiger partial charge < -0.3 is 9.88 Å². The molecular formula is C16H25N3O. The molecule has 1 heterocycles. The van der Waals surface area contributed by atoms with Crippen molar-refractivity contribution in [1.82, 2.24) is 9.55 Å². The first-order valence-electron chi connectivity index (χ1n) is 7.92. The molecule has 2 aliphatic carbocycles. The lowest BCUT2D eigenvalue weighted by Crippen LogP contribution is -2.28. The molecule has 2 fully saturated rings. The summed E-state index contributed by atoms with van der Waals surface area (Å²) in [6.45, 7) is 5.91. The first kappa shape index (κ1) is 13.7. The van der Waals surface area contributed by atoms with Gasteiger partial charge in [-0.25, -0.2) is 4.98 Å². The summed E-state index contributed by atoms with van der Waals surface area (Å²) in [5, 5.41) is 3.31. The second-order valence-corrected chi connectivity index (χ2v) is 6.94. The molecule has 0 saturated heterocycles. The molecule has 20 heavy (non-hydrogen) atoms. The zero-order chi connectivity index (χ0) is 14.1. The fourth-order valence-corrected chi connectivity index (χ4v) is 3.96. The molecule has 3 rings (SSSR count). The minimum Gasteiger partial charge on any atom is -0.365 e. The summed E-state index contributed by atoms with van der Waals surface area (Å²) in [4.78, 5) is 16.5. The van der Waals surface area contributed by atoms with E-state index in [1.807, 2.05) is 0 Å². The zero-order valence-corrected chi connectivity index (χ0v) is 12.5. The molecule has 0 amide bonds. The van der Waals surface area contributed by atoms with Crippen molar-refractivity contribution in [2.45, 2.75) is 46.1 Å². The van der Waals surface area contributed by atoms with Crippen LogP contribution < -0.4 is 10.9 Å². The number of fused-ring (bicyclic) bond motifs is 2. The van der Waals surface area contributed by atoms with Gasteiger partial charge in [0.15, 0.2) is 5.82 Å². The highest BCUT2D eigenvalue weighted by molar-refractivity contribution is 5.31. The molecule has 2 aliphatic rings. The topological polar surface area (TPSA) is 46.9 Å². The lowest BCUT2D eigenvalue weighted by atomic mass is 9.89. The van der Waals surface area contributed by atoms with Crippen LogP contribution >= 0.6 is 0 Å². The van der Waals surface area contributed by atoms with Crippen molar-refractivity contribution in [3.05, 3.63) is 22.7 Å². The van der Waals surface area contributed by atoms with E-state index < -0.39 is 0 Å². The number of hydrogen-bond acceptors (Lipinski definition) is 3. The highest BCUT2D eigenvalue weighted by Gasteiger charge is 2.39. The van der Waals surface area contributed by atoms with Crippen molar-refractivity contribution in [2.24, 2.45) is 23.7 Å². The molecule has 3 atom stereocenters. The summed E-state index contributed by atoms with van der Waals surface area (Å²) in [5.41, 5.74) is 0.0179. The predicted octanol–water partition coefficient (Wildman–Crippen LogP) is 2.75. The largest absolute Gasteiger partial charge is 0.365 e. The third-order valence-electron chi connectivity index (χ3n) is 4.89. The Hall–Kier alpha value is -1.32. The Morgan fingerprint density at radius 3 is 2.90 bits per heavy atom. The molecule has 2 bridgehead atoms. The van der Waals surface area contributed by atoms with Gasteiger partial charge in [0.25, 0.3) is 5.56 Å². The summed E-state index contributed by atoms with van der Waals surface area (Å²) < 4.78 is 1.76. The van der Waals surface area contributed by atoms with Gasteiger partial charge in [-0.3, -0.25) is 4.79 Å². The predicted molar refractivity (Wildman–Crippen MR) is 80.8 cm³/mol. The van der Waals surface area contributed by atoms with Crippen LogP contribution in [0.1, 0.15) is 39.5 Å². The monoisotopic (exact) mass is 275 g/mol. The first-order chi connectivity index (χ1) is 9.63. The molecule has 0 radical (unpaired) electrons. The van der Waals surface area contributed by atoms with E-state index in [0.29, 0.717) is 11.7 Å². The van der Waals surface area contributed by atoms with Crippen LogP contribution in [-0.4, -0.2) is 16.1 Å². The van der Waals surface area contributed by atoms with E-state index in [1.165, 1.54) is 25.7 Å². The number of aromatic nitrogens is 2. The highest BCUT2D eigenvalue weighted by atomic mass is 16.1. The van der Waals surface area contributed by atoms with Gasteiger partial charge in [0.1, 0.15) is 0 Å². The third-order valence-corrected chi connectivity index (χ3v) is 4.89. The Morgan fingerprint density at radius 2 is 2.25 bits per heavy atom. The van der Waals surface area contributed by atoms with E-state index in [9.17, 15) is 4.79 Å². The van der Waals surface area contributed by atoms with Gasteiger partial charge in [-0.2, -0.15) is 0 Å². The standard InChI is InChI=1S/C16H25N3O/c1-11(2)10-19-6-5-17-15(16(19)20)18-9-14-8-12-3-4-13(14)7-12/h5-6,11-14H,3-4,7-10H2,1-2H3,(H,17,18). The minimum absolute atomic E-state index is 0.0179. The molecule has 110 valence electrons. The number of nitrogens with zero attached hydrogens (tertiary/aromatic N) is 2. The Labute approximate surface area is 120 Å². The average Bonchev–Trinajstić information content (AvgIpc) is 3.01. The Balaban J connectivity index is 1.64. The Kier molecular flexibility index (Phi) is 3.81. The van der Waals surface area contributed by atoms with Crippen molar-refractivity contribution in [3.63, 3.8) is 0 Å². The number of anilines is 1. The van der Waals surface area contributed by atoms with Crippen molar-refractivity contribution in [2.75, 3.05) is 11.9 Å². The maximum absolute atomic E-state index is 12.3. The third kappa shape index (κ3) is 2.74. The van der Waals surface area contributed by atoms with E-state index in [2.05, 4.69) is 24.1 Å². The molecule has 2 saturated carbocycles. The summed E-state index contributed by atoms with van der Waals surface area (Å²) >= 11 is 0. The number of hydrogen-bond donors (Lipinski definition) is 1. The Morgan fingerprint density at radius 1 is 1.40 bits per heavy atom. The van der Waals surface area contributed by atoms with Gasteiger partial charge >= 0.3 is 0 Å².